The summed E-state index contributed by atoms with van der Waals surface area (Å²) in [5, 5.41) is 0. The van der Waals surface area contributed by atoms with Crippen molar-refractivity contribution in [2.24, 2.45) is 0 Å². The molecule has 0 aliphatic carbocycles. The van der Waals surface area contributed by atoms with Crippen LogP contribution in [0.25, 0.3) is 0 Å². The summed E-state index contributed by atoms with van der Waals surface area (Å²) in [5.74, 6) is -0.371. The van der Waals surface area contributed by atoms with Gasteiger partial charge in [0.05, 0.1) is 24.7 Å². The number of ether oxygens (including phenoxy) is 3. The molecule has 0 saturated carbocycles. The van der Waals surface area contributed by atoms with E-state index in [1.54, 1.807) is 32.9 Å². The summed E-state index contributed by atoms with van der Waals surface area (Å²) in [4.78, 5) is 24.9. The van der Waals surface area contributed by atoms with Crippen molar-refractivity contribution in [1.29, 1.82) is 0 Å². The predicted molar refractivity (Wildman–Crippen MR) is 115 cm³/mol. The van der Waals surface area contributed by atoms with Crippen molar-refractivity contribution >= 4 is 21.8 Å². The topological polar surface area (TPSA) is 99.2 Å². The number of hydrogen-bond acceptors (Lipinski definition) is 7. The van der Waals surface area contributed by atoms with Gasteiger partial charge in [0.25, 0.3) is 0 Å². The van der Waals surface area contributed by atoms with E-state index >= 15 is 0 Å². The number of carbonyl (C=O) groups is 2. The first-order valence-electron chi connectivity index (χ1n) is 9.72. The Hall–Kier alpha value is -2.91. The number of esters is 1. The monoisotopic (exact) mass is 449 g/mol. The van der Waals surface area contributed by atoms with Gasteiger partial charge in [-0.25, -0.2) is 13.2 Å². The lowest BCUT2D eigenvalue weighted by molar-refractivity contribution is 0.0474. The van der Waals surface area contributed by atoms with E-state index in [1.165, 1.54) is 42.8 Å². The number of rotatable bonds is 10. The summed E-state index contributed by atoms with van der Waals surface area (Å²) < 4.78 is 42.4. The molecule has 0 atom stereocenters. The van der Waals surface area contributed by atoms with Crippen LogP contribution in [0.15, 0.2) is 41.3 Å². The van der Waals surface area contributed by atoms with Gasteiger partial charge in [0.15, 0.2) is 23.9 Å². The minimum absolute atomic E-state index is 0.0388. The number of benzene rings is 2. The van der Waals surface area contributed by atoms with Crippen LogP contribution in [0.4, 0.5) is 0 Å². The number of carbonyl (C=O) groups excluding carboxylic acids is 2. The SMILES string of the molecule is CCN(CC)S(=O)(=O)c1cc(C(=O)OCC(=O)c2ccc(OC)c(OC)c2)ccc1C. The highest BCUT2D eigenvalue weighted by Gasteiger charge is 2.25. The zero-order valence-corrected chi connectivity index (χ0v) is 19.1. The Morgan fingerprint density at radius 2 is 1.52 bits per heavy atom. The molecule has 0 spiro atoms. The minimum atomic E-state index is -3.74. The second kappa shape index (κ2) is 10.4. The van der Waals surface area contributed by atoms with Crippen molar-refractivity contribution in [3.05, 3.63) is 53.1 Å². The molecule has 8 nitrogen and oxygen atoms in total. The van der Waals surface area contributed by atoms with Crippen molar-refractivity contribution in [3.8, 4) is 11.5 Å². The van der Waals surface area contributed by atoms with Crippen molar-refractivity contribution in [2.45, 2.75) is 25.7 Å². The van der Waals surface area contributed by atoms with E-state index in [-0.39, 0.29) is 10.5 Å². The van der Waals surface area contributed by atoms with Crippen LogP contribution < -0.4 is 9.47 Å². The summed E-state index contributed by atoms with van der Waals surface area (Å²) in [6.45, 7) is 5.27. The van der Waals surface area contributed by atoms with E-state index in [0.717, 1.165) is 0 Å². The van der Waals surface area contributed by atoms with E-state index in [4.69, 9.17) is 14.2 Å². The number of ketones is 1. The Balaban J connectivity index is 2.19. The van der Waals surface area contributed by atoms with Gasteiger partial charge in [-0.15, -0.1) is 0 Å². The largest absolute Gasteiger partial charge is 0.493 e. The lowest BCUT2D eigenvalue weighted by Gasteiger charge is -2.20. The molecule has 168 valence electrons. The molecule has 31 heavy (non-hydrogen) atoms. The van der Waals surface area contributed by atoms with Gasteiger partial charge in [-0.3, -0.25) is 4.79 Å². The standard InChI is InChI=1S/C22H27NO7S/c1-6-23(7-2)31(26,27)21-13-17(9-8-15(21)3)22(25)30-14-18(24)16-10-11-19(28-4)20(12-16)29-5/h8-13H,6-7,14H2,1-5H3. The Morgan fingerprint density at radius 3 is 2.10 bits per heavy atom. The molecule has 0 N–H and O–H groups in total. The molecule has 9 heteroatoms. The van der Waals surface area contributed by atoms with E-state index in [2.05, 4.69) is 0 Å². The van der Waals surface area contributed by atoms with Crippen LogP contribution in [0.1, 0.15) is 40.1 Å². The van der Waals surface area contributed by atoms with Crippen molar-refractivity contribution in [2.75, 3.05) is 33.9 Å². The third-order valence-corrected chi connectivity index (χ3v) is 6.98. The molecule has 0 saturated heterocycles. The van der Waals surface area contributed by atoms with Crippen LogP contribution in [-0.2, 0) is 14.8 Å². The first-order valence-corrected chi connectivity index (χ1v) is 11.2. The molecule has 0 bridgehead atoms. The molecular formula is C22H27NO7S. The lowest BCUT2D eigenvalue weighted by Crippen LogP contribution is -2.31. The van der Waals surface area contributed by atoms with Crippen LogP contribution in [0, 0.1) is 6.92 Å². The third kappa shape index (κ3) is 5.42. The average Bonchev–Trinajstić information content (AvgIpc) is 2.77. The third-order valence-electron chi connectivity index (χ3n) is 4.79. The van der Waals surface area contributed by atoms with Crippen LogP contribution in [0.3, 0.4) is 0 Å². The number of sulfonamides is 1. The van der Waals surface area contributed by atoms with Crippen LogP contribution >= 0.6 is 0 Å². The summed E-state index contributed by atoms with van der Waals surface area (Å²) in [6, 6.07) is 8.92. The molecule has 2 aromatic carbocycles. The summed E-state index contributed by atoms with van der Waals surface area (Å²) >= 11 is 0. The van der Waals surface area contributed by atoms with Crippen molar-refractivity contribution in [3.63, 3.8) is 0 Å². The molecule has 0 unspecified atom stereocenters. The maximum absolute atomic E-state index is 12.9. The number of aryl methyl sites for hydroxylation is 1. The fourth-order valence-corrected chi connectivity index (χ4v) is 4.72. The van der Waals surface area contributed by atoms with Gasteiger partial charge >= 0.3 is 5.97 Å². The van der Waals surface area contributed by atoms with Gasteiger partial charge in [0.1, 0.15) is 0 Å². The maximum Gasteiger partial charge on any atom is 0.338 e. The second-order valence-corrected chi connectivity index (χ2v) is 8.55. The highest BCUT2D eigenvalue weighted by molar-refractivity contribution is 7.89. The molecule has 0 aliphatic rings. The number of Topliss-reactive ketones (excluding diaryl/α,β-unsaturated/α-hetero) is 1. The number of nitrogens with zero attached hydrogens (tertiary/aromatic N) is 1. The Labute approximate surface area is 182 Å². The highest BCUT2D eigenvalue weighted by atomic mass is 32.2. The van der Waals surface area contributed by atoms with Crippen LogP contribution in [-0.4, -0.2) is 58.4 Å². The van der Waals surface area contributed by atoms with E-state index in [0.29, 0.717) is 35.7 Å². The van der Waals surface area contributed by atoms with Gasteiger partial charge in [-0.05, 0) is 42.8 Å². The Kier molecular flexibility index (Phi) is 8.18. The van der Waals surface area contributed by atoms with E-state index in [9.17, 15) is 18.0 Å². The predicted octanol–water partition coefficient (Wildman–Crippen LogP) is 3.08. The number of hydrogen-bond donors (Lipinski definition) is 0. The molecule has 0 amide bonds. The Morgan fingerprint density at radius 1 is 0.903 bits per heavy atom. The van der Waals surface area contributed by atoms with Gasteiger partial charge in [-0.2, -0.15) is 4.31 Å². The van der Waals surface area contributed by atoms with Crippen molar-refractivity contribution < 1.29 is 32.2 Å². The second-order valence-electron chi connectivity index (χ2n) is 6.64. The highest BCUT2D eigenvalue weighted by Crippen LogP contribution is 2.28. The molecule has 2 rings (SSSR count). The van der Waals surface area contributed by atoms with Crippen LogP contribution in [0.2, 0.25) is 0 Å². The summed E-state index contributed by atoms with van der Waals surface area (Å²) in [5.41, 5.74) is 0.862. The first kappa shape index (κ1) is 24.4. The smallest absolute Gasteiger partial charge is 0.338 e. The molecule has 0 radical (unpaired) electrons. The molecule has 0 aliphatic heterocycles. The van der Waals surface area contributed by atoms with E-state index < -0.39 is 28.4 Å². The van der Waals surface area contributed by atoms with Gasteiger partial charge in [0, 0.05) is 18.7 Å². The quantitative estimate of drug-likeness (QED) is 0.406. The fourth-order valence-electron chi connectivity index (χ4n) is 3.02. The first-order chi connectivity index (χ1) is 14.7. The molecule has 0 aromatic heterocycles. The van der Waals surface area contributed by atoms with E-state index in [1.807, 2.05) is 0 Å². The molecule has 0 fully saturated rings. The number of methoxy groups -OCH3 is 2. The molecule has 2 aromatic rings. The molecule has 0 heterocycles. The maximum atomic E-state index is 12.9. The average molecular weight is 450 g/mol. The van der Waals surface area contributed by atoms with Gasteiger partial charge in [0.2, 0.25) is 10.0 Å². The normalized spacial score (nSPS) is 11.3. The fraction of sp³-hybridized carbons (Fsp3) is 0.364. The zero-order chi connectivity index (χ0) is 23.2. The zero-order valence-electron chi connectivity index (χ0n) is 18.3. The van der Waals surface area contributed by atoms with Crippen molar-refractivity contribution in [1.82, 2.24) is 4.31 Å². The lowest BCUT2D eigenvalue weighted by atomic mass is 10.1. The molecular weight excluding hydrogens is 422 g/mol. The van der Waals surface area contributed by atoms with Crippen LogP contribution in [0.5, 0.6) is 11.5 Å². The summed E-state index contributed by atoms with van der Waals surface area (Å²) in [7, 11) is -0.808. The Bertz CT molecular complexity index is 1060. The summed E-state index contributed by atoms with van der Waals surface area (Å²) in [6.07, 6.45) is 0. The van der Waals surface area contributed by atoms with Gasteiger partial charge in [-0.1, -0.05) is 19.9 Å². The van der Waals surface area contributed by atoms with Gasteiger partial charge < -0.3 is 14.2 Å². The minimum Gasteiger partial charge on any atom is -0.493 e.